The summed E-state index contributed by atoms with van der Waals surface area (Å²) in [7, 11) is 1.62. The topological polar surface area (TPSA) is 61.9 Å². The largest absolute Gasteiger partial charge is 0.497 e. The zero-order chi connectivity index (χ0) is 22.5. The fourth-order valence-electron chi connectivity index (χ4n) is 3.71. The maximum atomic E-state index is 13.9. The second-order valence-electron chi connectivity index (χ2n) is 7.54. The van der Waals surface area contributed by atoms with Gasteiger partial charge in [-0.3, -0.25) is 9.69 Å². The normalized spacial score (nSPS) is 13.8. The SMILES string of the molecule is COc1ccc(CN2CCCN(c3cccc(NC(=O)c4ccccc4F)c3)C2=O)cc1. The van der Waals surface area contributed by atoms with Gasteiger partial charge in [-0.05, 0) is 54.4 Å². The number of urea groups is 1. The van der Waals surface area contributed by atoms with Crippen molar-refractivity contribution in [2.24, 2.45) is 0 Å². The highest BCUT2D eigenvalue weighted by molar-refractivity contribution is 6.05. The van der Waals surface area contributed by atoms with Gasteiger partial charge in [0, 0.05) is 31.0 Å². The number of anilines is 2. The standard InChI is InChI=1S/C25H24FN3O3/c1-32-21-12-10-18(11-13-21)17-28-14-5-15-29(25(28)31)20-7-4-6-19(16-20)27-24(30)22-8-2-3-9-23(22)26/h2-4,6-13,16H,5,14-15,17H2,1H3,(H,27,30). The Morgan fingerprint density at radius 2 is 1.81 bits per heavy atom. The van der Waals surface area contributed by atoms with Crippen molar-refractivity contribution in [3.8, 4) is 5.75 Å². The highest BCUT2D eigenvalue weighted by atomic mass is 19.1. The number of rotatable bonds is 6. The van der Waals surface area contributed by atoms with Gasteiger partial charge >= 0.3 is 6.03 Å². The van der Waals surface area contributed by atoms with Crippen LogP contribution in [0.25, 0.3) is 0 Å². The molecule has 1 heterocycles. The zero-order valence-corrected chi connectivity index (χ0v) is 17.8. The van der Waals surface area contributed by atoms with Crippen molar-refractivity contribution in [3.63, 3.8) is 0 Å². The van der Waals surface area contributed by atoms with Crippen molar-refractivity contribution < 1.29 is 18.7 Å². The van der Waals surface area contributed by atoms with E-state index in [9.17, 15) is 14.0 Å². The third kappa shape index (κ3) is 4.72. The van der Waals surface area contributed by atoms with Gasteiger partial charge in [0.05, 0.1) is 12.7 Å². The summed E-state index contributed by atoms with van der Waals surface area (Å²) in [4.78, 5) is 29.1. The number of hydrogen-bond donors (Lipinski definition) is 1. The lowest BCUT2D eigenvalue weighted by Crippen LogP contribution is -2.49. The zero-order valence-electron chi connectivity index (χ0n) is 17.8. The molecule has 0 bridgehead atoms. The van der Waals surface area contributed by atoms with Gasteiger partial charge in [0.25, 0.3) is 5.91 Å². The van der Waals surface area contributed by atoms with E-state index >= 15 is 0 Å². The number of amides is 3. The van der Waals surface area contributed by atoms with E-state index in [0.717, 1.165) is 17.7 Å². The molecular weight excluding hydrogens is 409 g/mol. The number of halogens is 1. The molecule has 32 heavy (non-hydrogen) atoms. The van der Waals surface area contributed by atoms with Crippen LogP contribution in [0.2, 0.25) is 0 Å². The Morgan fingerprint density at radius 3 is 2.56 bits per heavy atom. The van der Waals surface area contributed by atoms with Gasteiger partial charge in [-0.2, -0.15) is 0 Å². The molecule has 3 aromatic carbocycles. The molecule has 0 unspecified atom stereocenters. The Balaban J connectivity index is 1.47. The van der Waals surface area contributed by atoms with Crippen LogP contribution in [0.15, 0.2) is 72.8 Å². The van der Waals surface area contributed by atoms with Crippen molar-refractivity contribution in [2.45, 2.75) is 13.0 Å². The maximum Gasteiger partial charge on any atom is 0.324 e. The van der Waals surface area contributed by atoms with E-state index in [1.54, 1.807) is 41.2 Å². The summed E-state index contributed by atoms with van der Waals surface area (Å²) in [5, 5.41) is 2.71. The van der Waals surface area contributed by atoms with E-state index in [1.165, 1.54) is 18.2 Å². The van der Waals surface area contributed by atoms with E-state index in [-0.39, 0.29) is 11.6 Å². The molecule has 6 nitrogen and oxygen atoms in total. The number of nitrogens with one attached hydrogen (secondary N) is 1. The number of carbonyl (C=O) groups excluding carboxylic acids is 2. The molecule has 0 radical (unpaired) electrons. The predicted octanol–water partition coefficient (Wildman–Crippen LogP) is 4.92. The number of benzene rings is 3. The van der Waals surface area contributed by atoms with Crippen molar-refractivity contribution in [2.75, 3.05) is 30.4 Å². The molecule has 7 heteroatoms. The molecule has 4 rings (SSSR count). The number of carbonyl (C=O) groups is 2. The Bertz CT molecular complexity index is 1120. The summed E-state index contributed by atoms with van der Waals surface area (Å²) in [5.41, 5.74) is 2.17. The first-order valence-corrected chi connectivity index (χ1v) is 10.4. The van der Waals surface area contributed by atoms with Gasteiger partial charge < -0.3 is 15.0 Å². The molecule has 1 aliphatic rings. The molecule has 0 spiro atoms. The first kappa shape index (κ1) is 21.4. The van der Waals surface area contributed by atoms with Crippen LogP contribution in [0.1, 0.15) is 22.3 Å². The van der Waals surface area contributed by atoms with E-state index < -0.39 is 11.7 Å². The molecule has 164 valence electrons. The minimum Gasteiger partial charge on any atom is -0.497 e. The van der Waals surface area contributed by atoms with Gasteiger partial charge in [-0.15, -0.1) is 0 Å². The number of hydrogen-bond acceptors (Lipinski definition) is 3. The summed E-state index contributed by atoms with van der Waals surface area (Å²) in [6.07, 6.45) is 0.827. The smallest absolute Gasteiger partial charge is 0.324 e. The van der Waals surface area contributed by atoms with Gasteiger partial charge in [0.15, 0.2) is 0 Å². The fourth-order valence-corrected chi connectivity index (χ4v) is 3.71. The summed E-state index contributed by atoms with van der Waals surface area (Å²) in [5.74, 6) is -0.345. The van der Waals surface area contributed by atoms with Crippen LogP contribution >= 0.6 is 0 Å². The molecule has 1 fully saturated rings. The minimum atomic E-state index is -0.582. The minimum absolute atomic E-state index is 0.0300. The van der Waals surface area contributed by atoms with Crippen LogP contribution in [-0.2, 0) is 6.54 Å². The van der Waals surface area contributed by atoms with Crippen molar-refractivity contribution in [3.05, 3.63) is 89.7 Å². The van der Waals surface area contributed by atoms with Crippen molar-refractivity contribution in [1.29, 1.82) is 0 Å². The molecule has 1 saturated heterocycles. The lowest BCUT2D eigenvalue weighted by molar-refractivity contribution is 0.102. The number of methoxy groups -OCH3 is 1. The Morgan fingerprint density at radius 1 is 1.03 bits per heavy atom. The molecular formula is C25H24FN3O3. The van der Waals surface area contributed by atoms with Crippen LogP contribution in [-0.4, -0.2) is 37.0 Å². The van der Waals surface area contributed by atoms with Gasteiger partial charge in [0.1, 0.15) is 11.6 Å². The van der Waals surface area contributed by atoms with E-state index in [2.05, 4.69) is 5.32 Å². The number of ether oxygens (including phenoxy) is 1. The van der Waals surface area contributed by atoms with E-state index in [1.807, 2.05) is 30.3 Å². The third-order valence-corrected chi connectivity index (χ3v) is 5.38. The molecule has 1 N–H and O–H groups in total. The Labute approximate surface area is 186 Å². The fraction of sp³-hybridized carbons (Fsp3) is 0.200. The summed E-state index contributed by atoms with van der Waals surface area (Å²) >= 11 is 0. The van der Waals surface area contributed by atoms with Crippen LogP contribution in [0.3, 0.4) is 0 Å². The average Bonchev–Trinajstić information content (AvgIpc) is 2.81. The molecule has 3 amide bonds. The lowest BCUT2D eigenvalue weighted by atomic mass is 10.1. The molecule has 0 atom stereocenters. The summed E-state index contributed by atoms with van der Waals surface area (Å²) in [6.45, 7) is 1.76. The summed E-state index contributed by atoms with van der Waals surface area (Å²) < 4.78 is 19.1. The Hall–Kier alpha value is -3.87. The number of nitrogens with zero attached hydrogens (tertiary/aromatic N) is 2. The summed E-state index contributed by atoms with van der Waals surface area (Å²) in [6, 6.07) is 20.4. The maximum absolute atomic E-state index is 13.9. The van der Waals surface area contributed by atoms with Crippen LogP contribution in [0.4, 0.5) is 20.6 Å². The predicted molar refractivity (Wildman–Crippen MR) is 122 cm³/mol. The first-order chi connectivity index (χ1) is 15.5. The highest BCUT2D eigenvalue weighted by Gasteiger charge is 2.27. The molecule has 1 aliphatic heterocycles. The molecule has 0 aliphatic carbocycles. The average molecular weight is 433 g/mol. The quantitative estimate of drug-likeness (QED) is 0.600. The molecule has 0 saturated carbocycles. The first-order valence-electron chi connectivity index (χ1n) is 10.4. The van der Waals surface area contributed by atoms with Crippen molar-refractivity contribution in [1.82, 2.24) is 4.90 Å². The highest BCUT2D eigenvalue weighted by Crippen LogP contribution is 2.25. The Kier molecular flexibility index (Phi) is 6.35. The van der Waals surface area contributed by atoms with Gasteiger partial charge in [-0.25, -0.2) is 9.18 Å². The van der Waals surface area contributed by atoms with E-state index in [4.69, 9.17) is 4.74 Å². The molecule has 0 aromatic heterocycles. The third-order valence-electron chi connectivity index (χ3n) is 5.38. The monoisotopic (exact) mass is 433 g/mol. The van der Waals surface area contributed by atoms with Crippen LogP contribution in [0, 0.1) is 5.82 Å². The van der Waals surface area contributed by atoms with Crippen LogP contribution < -0.4 is 15.0 Å². The van der Waals surface area contributed by atoms with Crippen molar-refractivity contribution >= 4 is 23.3 Å². The van der Waals surface area contributed by atoms with Gasteiger partial charge in [-0.1, -0.05) is 30.3 Å². The van der Waals surface area contributed by atoms with E-state index in [0.29, 0.717) is 31.0 Å². The lowest BCUT2D eigenvalue weighted by Gasteiger charge is -2.36. The molecule has 3 aromatic rings. The second kappa shape index (κ2) is 9.51. The second-order valence-corrected chi connectivity index (χ2v) is 7.54. The van der Waals surface area contributed by atoms with Gasteiger partial charge in [0.2, 0.25) is 0 Å². The van der Waals surface area contributed by atoms with Crippen LogP contribution in [0.5, 0.6) is 5.75 Å².